The van der Waals surface area contributed by atoms with Gasteiger partial charge in [0.25, 0.3) is 0 Å². The van der Waals surface area contributed by atoms with Crippen LogP contribution in [0.25, 0.3) is 0 Å². The molecule has 2 amide bonds. The number of rotatable bonds is 1. The lowest BCUT2D eigenvalue weighted by Crippen LogP contribution is -2.39. The third-order valence-corrected chi connectivity index (χ3v) is 3.56. The van der Waals surface area contributed by atoms with Gasteiger partial charge in [-0.25, -0.2) is 4.79 Å². The smallest absolute Gasteiger partial charge is 0.326 e. The van der Waals surface area contributed by atoms with E-state index in [-0.39, 0.29) is 12.1 Å². The summed E-state index contributed by atoms with van der Waals surface area (Å²) in [6.45, 7) is 2.04. The van der Waals surface area contributed by atoms with Crippen LogP contribution < -0.4 is 16.0 Å². The molecule has 4 nitrogen and oxygen atoms in total. The first-order chi connectivity index (χ1) is 9.65. The summed E-state index contributed by atoms with van der Waals surface area (Å²) in [6.07, 6.45) is 0.836. The average molecular weight is 267 g/mol. The molecule has 0 bridgehead atoms. The van der Waals surface area contributed by atoms with E-state index < -0.39 is 0 Å². The predicted molar refractivity (Wildman–Crippen MR) is 82.0 cm³/mol. The Labute approximate surface area is 118 Å². The van der Waals surface area contributed by atoms with Gasteiger partial charge < -0.3 is 11.1 Å². The van der Waals surface area contributed by atoms with E-state index in [0.717, 1.165) is 29.0 Å². The standard InChI is InChI=1S/C16H17N3O/c1-11-9-12-10-13(17)7-8-15(12)19(11)16(20)18-14-5-3-2-4-6-14/h2-8,10-11H,9,17H2,1H3,(H,18,20). The topological polar surface area (TPSA) is 58.4 Å². The molecular weight excluding hydrogens is 250 g/mol. The van der Waals surface area contributed by atoms with Crippen LogP contribution in [0.3, 0.4) is 0 Å². The zero-order chi connectivity index (χ0) is 14.1. The van der Waals surface area contributed by atoms with Crippen LogP contribution in [-0.4, -0.2) is 12.1 Å². The number of carbonyl (C=O) groups is 1. The van der Waals surface area contributed by atoms with Crippen molar-refractivity contribution in [1.29, 1.82) is 0 Å². The molecule has 20 heavy (non-hydrogen) atoms. The summed E-state index contributed by atoms with van der Waals surface area (Å²) >= 11 is 0. The summed E-state index contributed by atoms with van der Waals surface area (Å²) in [6, 6.07) is 15.2. The summed E-state index contributed by atoms with van der Waals surface area (Å²) in [7, 11) is 0. The number of nitrogens with zero attached hydrogens (tertiary/aromatic N) is 1. The van der Waals surface area contributed by atoms with Crippen LogP contribution >= 0.6 is 0 Å². The van der Waals surface area contributed by atoms with Crippen molar-refractivity contribution in [2.45, 2.75) is 19.4 Å². The van der Waals surface area contributed by atoms with E-state index in [1.54, 1.807) is 4.90 Å². The molecule has 0 fully saturated rings. The van der Waals surface area contributed by atoms with Gasteiger partial charge in [-0.05, 0) is 49.2 Å². The highest BCUT2D eigenvalue weighted by atomic mass is 16.2. The Bertz CT molecular complexity index is 639. The molecule has 0 saturated carbocycles. The van der Waals surface area contributed by atoms with Crippen molar-refractivity contribution in [3.05, 3.63) is 54.1 Å². The number of nitrogens with one attached hydrogen (secondary N) is 1. The van der Waals surface area contributed by atoms with Crippen molar-refractivity contribution in [1.82, 2.24) is 0 Å². The van der Waals surface area contributed by atoms with Gasteiger partial charge in [0.15, 0.2) is 0 Å². The molecule has 1 heterocycles. The van der Waals surface area contributed by atoms with E-state index in [0.29, 0.717) is 0 Å². The molecule has 3 rings (SSSR count). The molecule has 0 aliphatic carbocycles. The zero-order valence-electron chi connectivity index (χ0n) is 11.3. The van der Waals surface area contributed by atoms with Gasteiger partial charge in [-0.15, -0.1) is 0 Å². The summed E-state index contributed by atoms with van der Waals surface area (Å²) in [4.78, 5) is 14.2. The van der Waals surface area contributed by atoms with Gasteiger partial charge in [0, 0.05) is 23.1 Å². The normalized spacial score (nSPS) is 16.9. The Morgan fingerprint density at radius 3 is 2.75 bits per heavy atom. The van der Waals surface area contributed by atoms with E-state index in [4.69, 9.17) is 5.73 Å². The van der Waals surface area contributed by atoms with Crippen molar-refractivity contribution in [3.8, 4) is 0 Å². The van der Waals surface area contributed by atoms with Crippen LogP contribution in [0, 0.1) is 0 Å². The van der Waals surface area contributed by atoms with Crippen molar-refractivity contribution in [3.63, 3.8) is 0 Å². The van der Waals surface area contributed by atoms with Crippen LogP contribution in [0.1, 0.15) is 12.5 Å². The first kappa shape index (κ1) is 12.5. The molecule has 1 unspecified atom stereocenters. The minimum Gasteiger partial charge on any atom is -0.399 e. The first-order valence-corrected chi connectivity index (χ1v) is 6.69. The second-order valence-corrected chi connectivity index (χ2v) is 5.11. The van der Waals surface area contributed by atoms with E-state index in [9.17, 15) is 4.79 Å². The lowest BCUT2D eigenvalue weighted by molar-refractivity contribution is 0.256. The minimum absolute atomic E-state index is 0.104. The van der Waals surface area contributed by atoms with E-state index in [2.05, 4.69) is 5.32 Å². The molecule has 1 aliphatic heterocycles. The van der Waals surface area contributed by atoms with Gasteiger partial charge in [0.2, 0.25) is 0 Å². The zero-order valence-corrected chi connectivity index (χ0v) is 11.3. The molecule has 1 aliphatic rings. The molecule has 3 N–H and O–H groups in total. The molecular formula is C16H17N3O. The van der Waals surface area contributed by atoms with Gasteiger partial charge in [-0.1, -0.05) is 18.2 Å². The van der Waals surface area contributed by atoms with Crippen molar-refractivity contribution >= 4 is 23.1 Å². The quantitative estimate of drug-likeness (QED) is 0.779. The fraction of sp³-hybridized carbons (Fsp3) is 0.188. The number of hydrogen-bond donors (Lipinski definition) is 2. The Balaban J connectivity index is 1.86. The number of carbonyl (C=O) groups excluding carboxylic acids is 1. The fourth-order valence-corrected chi connectivity index (χ4v) is 2.67. The maximum atomic E-state index is 12.5. The second kappa shape index (κ2) is 4.89. The SMILES string of the molecule is CC1Cc2cc(N)ccc2N1C(=O)Nc1ccccc1. The second-order valence-electron chi connectivity index (χ2n) is 5.11. The maximum Gasteiger partial charge on any atom is 0.326 e. The summed E-state index contributed by atoms with van der Waals surface area (Å²) < 4.78 is 0. The Hall–Kier alpha value is -2.49. The third kappa shape index (κ3) is 2.20. The van der Waals surface area contributed by atoms with Gasteiger partial charge in [0.05, 0.1) is 0 Å². The van der Waals surface area contributed by atoms with Crippen molar-refractivity contribution < 1.29 is 4.79 Å². The molecule has 4 heteroatoms. The van der Waals surface area contributed by atoms with Crippen molar-refractivity contribution in [2.24, 2.45) is 0 Å². The highest BCUT2D eigenvalue weighted by molar-refractivity contribution is 6.03. The monoisotopic (exact) mass is 267 g/mol. The van der Waals surface area contributed by atoms with Gasteiger partial charge >= 0.3 is 6.03 Å². The highest BCUT2D eigenvalue weighted by Crippen LogP contribution is 2.33. The average Bonchev–Trinajstić information content (AvgIpc) is 2.74. The minimum atomic E-state index is -0.104. The van der Waals surface area contributed by atoms with Crippen LogP contribution in [-0.2, 0) is 6.42 Å². The molecule has 0 aromatic heterocycles. The molecule has 0 radical (unpaired) electrons. The number of amides is 2. The number of benzene rings is 2. The predicted octanol–water partition coefficient (Wildman–Crippen LogP) is 3.25. The Morgan fingerprint density at radius 2 is 2.00 bits per heavy atom. The number of fused-ring (bicyclic) bond motifs is 1. The van der Waals surface area contributed by atoms with Crippen LogP contribution in [0.2, 0.25) is 0 Å². The number of anilines is 3. The Morgan fingerprint density at radius 1 is 1.25 bits per heavy atom. The number of nitrogen functional groups attached to an aromatic ring is 1. The molecule has 1 atom stereocenters. The summed E-state index contributed by atoms with van der Waals surface area (Å²) in [5.74, 6) is 0. The molecule has 2 aromatic rings. The Kier molecular flexibility index (Phi) is 3.06. The third-order valence-electron chi connectivity index (χ3n) is 3.56. The molecule has 2 aromatic carbocycles. The number of nitrogens with two attached hydrogens (primary N) is 1. The number of para-hydroxylation sites is 1. The lowest BCUT2D eigenvalue weighted by Gasteiger charge is -2.23. The van der Waals surface area contributed by atoms with Crippen LogP contribution in [0.5, 0.6) is 0 Å². The number of urea groups is 1. The summed E-state index contributed by atoms with van der Waals surface area (Å²) in [5, 5.41) is 2.93. The van der Waals surface area contributed by atoms with E-state index >= 15 is 0 Å². The van der Waals surface area contributed by atoms with Gasteiger partial charge in [-0.3, -0.25) is 4.90 Å². The molecule has 0 spiro atoms. The van der Waals surface area contributed by atoms with Crippen LogP contribution in [0.4, 0.5) is 21.9 Å². The fourth-order valence-electron chi connectivity index (χ4n) is 2.67. The largest absolute Gasteiger partial charge is 0.399 e. The van der Waals surface area contributed by atoms with Gasteiger partial charge in [0.1, 0.15) is 0 Å². The number of hydrogen-bond acceptors (Lipinski definition) is 2. The first-order valence-electron chi connectivity index (χ1n) is 6.69. The lowest BCUT2D eigenvalue weighted by atomic mass is 10.1. The maximum absolute atomic E-state index is 12.5. The highest BCUT2D eigenvalue weighted by Gasteiger charge is 2.30. The van der Waals surface area contributed by atoms with E-state index in [1.807, 2.05) is 55.5 Å². The van der Waals surface area contributed by atoms with Crippen LogP contribution in [0.15, 0.2) is 48.5 Å². The van der Waals surface area contributed by atoms with Gasteiger partial charge in [-0.2, -0.15) is 0 Å². The van der Waals surface area contributed by atoms with E-state index in [1.165, 1.54) is 0 Å². The summed E-state index contributed by atoms with van der Waals surface area (Å²) in [5.41, 5.74) is 9.41. The molecule has 0 saturated heterocycles. The molecule has 102 valence electrons. The van der Waals surface area contributed by atoms with Crippen molar-refractivity contribution in [2.75, 3.05) is 16.0 Å².